The van der Waals surface area contributed by atoms with Gasteiger partial charge in [-0.15, -0.1) is 0 Å². The van der Waals surface area contributed by atoms with E-state index in [1.54, 1.807) is 0 Å². The second-order valence-electron chi connectivity index (χ2n) is 5.71. The fourth-order valence-corrected chi connectivity index (χ4v) is 5.18. The lowest BCUT2D eigenvalue weighted by atomic mass is 9.99. The molecule has 1 aromatic rings. The summed E-state index contributed by atoms with van der Waals surface area (Å²) in [5.74, 6) is -0.0605. The van der Waals surface area contributed by atoms with Gasteiger partial charge in [0, 0.05) is 30.7 Å². The molecule has 112 valence electrons. The van der Waals surface area contributed by atoms with Gasteiger partial charge in [-0.25, -0.2) is 8.42 Å². The van der Waals surface area contributed by atoms with Crippen molar-refractivity contribution in [1.29, 1.82) is 0 Å². The van der Waals surface area contributed by atoms with Crippen molar-refractivity contribution < 1.29 is 13.2 Å². The van der Waals surface area contributed by atoms with Crippen LogP contribution in [0.2, 0.25) is 0 Å². The molecule has 3 atom stereocenters. The fraction of sp³-hybridized carbons (Fsp3) is 0.600. The first-order valence-corrected chi connectivity index (χ1v) is 8.85. The zero-order chi connectivity index (χ0) is 15.0. The second kappa shape index (κ2) is 5.47. The van der Waals surface area contributed by atoms with Crippen LogP contribution in [0.4, 0.5) is 0 Å². The second-order valence-corrected chi connectivity index (χ2v) is 7.88. The van der Waals surface area contributed by atoms with Crippen molar-refractivity contribution >= 4 is 9.84 Å². The maximum atomic E-state index is 12.1. The Balaban J connectivity index is 2.36. The van der Waals surface area contributed by atoms with Gasteiger partial charge in [-0.2, -0.15) is 0 Å². The van der Waals surface area contributed by atoms with Crippen molar-refractivity contribution in [2.45, 2.75) is 25.0 Å². The van der Waals surface area contributed by atoms with Gasteiger partial charge in [0.15, 0.2) is 9.84 Å². The Labute approximate surface area is 121 Å². The maximum absolute atomic E-state index is 12.1. The molecule has 2 rings (SSSR count). The van der Waals surface area contributed by atoms with Crippen LogP contribution in [0.3, 0.4) is 0 Å². The van der Waals surface area contributed by atoms with Crippen molar-refractivity contribution in [2.75, 3.05) is 26.0 Å². The summed E-state index contributed by atoms with van der Waals surface area (Å²) in [5, 5.41) is -0.436. The minimum atomic E-state index is -3.15. The predicted octanol–water partition coefficient (Wildman–Crippen LogP) is 1.49. The highest BCUT2D eigenvalue weighted by molar-refractivity contribution is 7.91. The van der Waals surface area contributed by atoms with Crippen LogP contribution in [-0.4, -0.2) is 39.7 Å². The molecule has 1 saturated carbocycles. The first-order valence-electron chi connectivity index (χ1n) is 6.90. The number of nitrogens with two attached hydrogens (primary N) is 1. The third-order valence-corrected chi connectivity index (χ3v) is 5.90. The molecule has 2 N–H and O–H groups in total. The van der Waals surface area contributed by atoms with Crippen molar-refractivity contribution in [2.24, 2.45) is 11.1 Å². The maximum Gasteiger partial charge on any atom is 0.151 e. The molecule has 0 amide bonds. The number of hydrogen-bond acceptors (Lipinski definition) is 4. The number of benzene rings is 1. The van der Waals surface area contributed by atoms with Gasteiger partial charge in [0.25, 0.3) is 0 Å². The summed E-state index contributed by atoms with van der Waals surface area (Å²) in [6, 6.07) is 8.02. The summed E-state index contributed by atoms with van der Waals surface area (Å²) >= 11 is 0. The third-order valence-electron chi connectivity index (χ3n) is 4.23. The van der Waals surface area contributed by atoms with Crippen LogP contribution < -0.4 is 5.73 Å². The van der Waals surface area contributed by atoms with Crippen LogP contribution in [0.15, 0.2) is 24.3 Å². The smallest absolute Gasteiger partial charge is 0.151 e. The Hall–Kier alpha value is -0.910. The van der Waals surface area contributed by atoms with Gasteiger partial charge in [-0.1, -0.05) is 29.8 Å². The van der Waals surface area contributed by atoms with Crippen LogP contribution >= 0.6 is 0 Å². The van der Waals surface area contributed by atoms with Crippen molar-refractivity contribution in [3.05, 3.63) is 35.4 Å². The number of sulfone groups is 1. The molecule has 1 aliphatic rings. The average Bonchev–Trinajstić information content (AvgIpc) is 3.07. The highest BCUT2D eigenvalue weighted by Crippen LogP contribution is 2.62. The van der Waals surface area contributed by atoms with E-state index in [2.05, 4.69) is 0 Å². The van der Waals surface area contributed by atoms with E-state index in [0.29, 0.717) is 19.8 Å². The molecule has 0 aliphatic heterocycles. The molecular weight excluding hydrogens is 274 g/mol. The zero-order valence-electron chi connectivity index (χ0n) is 12.3. The summed E-state index contributed by atoms with van der Waals surface area (Å²) in [4.78, 5) is 0. The monoisotopic (exact) mass is 297 g/mol. The lowest BCUT2D eigenvalue weighted by Crippen LogP contribution is -2.28. The van der Waals surface area contributed by atoms with Gasteiger partial charge < -0.3 is 10.5 Å². The standard InChI is InChI=1S/C15H23NO3S/c1-4-19-10-15(9-16)13(14(15)20(3,17)18)12-7-5-11(2)6-8-12/h5-8,13-14H,4,9-10,16H2,1-3H3. The molecule has 0 radical (unpaired) electrons. The minimum Gasteiger partial charge on any atom is -0.381 e. The van der Waals surface area contributed by atoms with Gasteiger partial charge in [0.05, 0.1) is 11.9 Å². The van der Waals surface area contributed by atoms with E-state index in [4.69, 9.17) is 10.5 Å². The molecule has 1 aliphatic carbocycles. The Kier molecular flexibility index (Phi) is 4.23. The zero-order valence-corrected chi connectivity index (χ0v) is 13.1. The summed E-state index contributed by atoms with van der Waals surface area (Å²) < 4.78 is 29.6. The number of ether oxygens (including phenoxy) is 1. The van der Waals surface area contributed by atoms with Gasteiger partial charge in [-0.05, 0) is 19.4 Å². The van der Waals surface area contributed by atoms with Crippen molar-refractivity contribution in [3.8, 4) is 0 Å². The molecule has 4 nitrogen and oxygen atoms in total. The molecule has 0 aromatic heterocycles. The highest BCUT2D eigenvalue weighted by atomic mass is 32.2. The normalized spacial score (nSPS) is 29.4. The quantitative estimate of drug-likeness (QED) is 0.863. The molecular formula is C15H23NO3S. The van der Waals surface area contributed by atoms with E-state index in [1.807, 2.05) is 38.1 Å². The van der Waals surface area contributed by atoms with E-state index < -0.39 is 20.5 Å². The summed E-state index contributed by atoms with van der Waals surface area (Å²) in [6.45, 7) is 5.21. The SMILES string of the molecule is CCOCC1(CN)C(c2ccc(C)cc2)C1S(C)(=O)=O. The van der Waals surface area contributed by atoms with Gasteiger partial charge in [0.2, 0.25) is 0 Å². The Morgan fingerprint density at radius 1 is 1.30 bits per heavy atom. The molecule has 20 heavy (non-hydrogen) atoms. The first kappa shape index (κ1) is 15.5. The molecule has 1 aromatic carbocycles. The number of rotatable bonds is 6. The Morgan fingerprint density at radius 2 is 1.90 bits per heavy atom. The topological polar surface area (TPSA) is 69.4 Å². The first-order chi connectivity index (χ1) is 9.36. The molecule has 5 heteroatoms. The molecule has 3 unspecified atom stereocenters. The largest absolute Gasteiger partial charge is 0.381 e. The van der Waals surface area contributed by atoms with E-state index in [9.17, 15) is 8.42 Å². The molecule has 0 bridgehead atoms. The van der Waals surface area contributed by atoms with Gasteiger partial charge in [-0.3, -0.25) is 0 Å². The van der Waals surface area contributed by atoms with Gasteiger partial charge >= 0.3 is 0 Å². The van der Waals surface area contributed by atoms with Crippen molar-refractivity contribution in [3.63, 3.8) is 0 Å². The van der Waals surface area contributed by atoms with Crippen LogP contribution in [0, 0.1) is 12.3 Å². The van der Waals surface area contributed by atoms with Crippen LogP contribution in [-0.2, 0) is 14.6 Å². The molecule has 0 heterocycles. The number of aryl methyl sites for hydroxylation is 1. The fourth-order valence-electron chi connectivity index (χ4n) is 3.17. The van der Waals surface area contributed by atoms with E-state index >= 15 is 0 Å². The molecule has 1 fully saturated rings. The third kappa shape index (κ3) is 2.62. The van der Waals surface area contributed by atoms with Crippen LogP contribution in [0.25, 0.3) is 0 Å². The Morgan fingerprint density at radius 3 is 2.35 bits per heavy atom. The van der Waals surface area contributed by atoms with Crippen LogP contribution in [0.5, 0.6) is 0 Å². The minimum absolute atomic E-state index is 0.0605. The van der Waals surface area contributed by atoms with Crippen LogP contribution in [0.1, 0.15) is 24.0 Å². The molecule has 0 spiro atoms. The van der Waals surface area contributed by atoms with Gasteiger partial charge in [0.1, 0.15) is 0 Å². The summed E-state index contributed by atoms with van der Waals surface area (Å²) in [6.07, 6.45) is 1.29. The van der Waals surface area contributed by atoms with E-state index in [-0.39, 0.29) is 5.92 Å². The predicted molar refractivity (Wildman–Crippen MR) is 80.5 cm³/mol. The highest BCUT2D eigenvalue weighted by Gasteiger charge is 2.69. The number of hydrogen-bond donors (Lipinski definition) is 1. The lowest BCUT2D eigenvalue weighted by molar-refractivity contribution is 0.101. The summed E-state index contributed by atoms with van der Waals surface area (Å²) in [5.41, 5.74) is 7.64. The van der Waals surface area contributed by atoms with E-state index in [1.165, 1.54) is 6.26 Å². The lowest BCUT2D eigenvalue weighted by Gasteiger charge is -2.15. The Bertz CT molecular complexity index is 567. The van der Waals surface area contributed by atoms with Crippen molar-refractivity contribution in [1.82, 2.24) is 0 Å². The van der Waals surface area contributed by atoms with E-state index in [0.717, 1.165) is 11.1 Å². The summed E-state index contributed by atoms with van der Waals surface area (Å²) in [7, 11) is -3.15. The molecule has 0 saturated heterocycles. The average molecular weight is 297 g/mol.